The average Bonchev–Trinajstić information content (AvgIpc) is 2.50. The third kappa shape index (κ3) is 2.49. The normalized spacial score (nSPS) is 14.5. The molecule has 2 aromatic heterocycles. The van der Waals surface area contributed by atoms with Gasteiger partial charge in [-0.1, -0.05) is 0 Å². The van der Waals surface area contributed by atoms with E-state index >= 15 is 0 Å². The fourth-order valence-corrected chi connectivity index (χ4v) is 2.04. The SMILES string of the molecule is CC(C)(O)c1ccc(-c2cnc3c(n2)N([O-])C(=O)CN3)cn1. The maximum atomic E-state index is 11.8. The number of hydrogen-bond donors (Lipinski definition) is 2. The molecule has 2 N–H and O–H groups in total. The van der Waals surface area contributed by atoms with E-state index in [1.54, 1.807) is 26.0 Å². The first-order valence-corrected chi connectivity index (χ1v) is 6.66. The highest BCUT2D eigenvalue weighted by Gasteiger charge is 2.21. The lowest BCUT2D eigenvalue weighted by Gasteiger charge is -2.32. The highest BCUT2D eigenvalue weighted by Crippen LogP contribution is 2.28. The quantitative estimate of drug-likeness (QED) is 0.851. The molecule has 8 heteroatoms. The fraction of sp³-hybridized carbons (Fsp3) is 0.286. The van der Waals surface area contributed by atoms with Gasteiger partial charge in [0.1, 0.15) is 5.60 Å². The molecule has 2 aromatic rings. The average molecular weight is 300 g/mol. The Hall–Kier alpha value is -2.58. The summed E-state index contributed by atoms with van der Waals surface area (Å²) in [6, 6.07) is 3.40. The Morgan fingerprint density at radius 1 is 1.32 bits per heavy atom. The molecule has 8 nitrogen and oxygen atoms in total. The molecule has 3 rings (SSSR count). The number of fused-ring (bicyclic) bond motifs is 1. The largest absolute Gasteiger partial charge is 0.750 e. The van der Waals surface area contributed by atoms with Crippen LogP contribution in [0, 0.1) is 5.21 Å². The van der Waals surface area contributed by atoms with Gasteiger partial charge in [-0.15, -0.1) is 0 Å². The number of pyridine rings is 1. The zero-order valence-corrected chi connectivity index (χ0v) is 12.1. The van der Waals surface area contributed by atoms with E-state index in [9.17, 15) is 15.1 Å². The molecule has 0 aromatic carbocycles. The van der Waals surface area contributed by atoms with Crippen LogP contribution in [0.25, 0.3) is 11.3 Å². The Bertz CT molecular complexity index is 724. The van der Waals surface area contributed by atoms with Crippen LogP contribution in [-0.4, -0.2) is 32.5 Å². The number of aromatic nitrogens is 3. The van der Waals surface area contributed by atoms with Gasteiger partial charge in [0.2, 0.25) is 5.91 Å². The van der Waals surface area contributed by atoms with Gasteiger partial charge in [0, 0.05) is 11.8 Å². The van der Waals surface area contributed by atoms with Gasteiger partial charge < -0.3 is 20.7 Å². The molecule has 1 aliphatic rings. The van der Waals surface area contributed by atoms with E-state index in [0.29, 0.717) is 17.0 Å². The summed E-state index contributed by atoms with van der Waals surface area (Å²) in [5.74, 6) is -0.394. The van der Waals surface area contributed by atoms with Crippen molar-refractivity contribution in [2.24, 2.45) is 0 Å². The van der Waals surface area contributed by atoms with Crippen molar-refractivity contribution < 1.29 is 9.90 Å². The second-order valence-corrected chi connectivity index (χ2v) is 5.46. The fourth-order valence-electron chi connectivity index (χ4n) is 2.04. The van der Waals surface area contributed by atoms with Crippen LogP contribution in [0.4, 0.5) is 11.6 Å². The molecule has 0 atom stereocenters. The summed E-state index contributed by atoms with van der Waals surface area (Å²) in [7, 11) is 0. The number of hydrogen-bond acceptors (Lipinski definition) is 7. The summed E-state index contributed by atoms with van der Waals surface area (Å²) in [5.41, 5.74) is 0.535. The lowest BCUT2D eigenvalue weighted by Crippen LogP contribution is -2.36. The van der Waals surface area contributed by atoms with Gasteiger partial charge >= 0.3 is 0 Å². The summed E-state index contributed by atoms with van der Waals surface area (Å²) in [6.07, 6.45) is 3.03. The minimum atomic E-state index is -1.04. The van der Waals surface area contributed by atoms with Crippen LogP contribution >= 0.6 is 0 Å². The van der Waals surface area contributed by atoms with E-state index in [1.165, 1.54) is 12.4 Å². The molecular weight excluding hydrogens is 286 g/mol. The van der Waals surface area contributed by atoms with Crippen molar-refractivity contribution in [2.45, 2.75) is 19.4 Å². The number of aliphatic hydroxyl groups is 1. The van der Waals surface area contributed by atoms with Gasteiger partial charge in [0.25, 0.3) is 0 Å². The van der Waals surface area contributed by atoms with Crippen LogP contribution in [0.15, 0.2) is 24.5 Å². The molecule has 1 aliphatic heterocycles. The predicted octanol–water partition coefficient (Wildman–Crippen LogP) is 1.02. The second-order valence-electron chi connectivity index (χ2n) is 5.46. The Balaban J connectivity index is 1.98. The third-order valence-corrected chi connectivity index (χ3v) is 3.27. The number of carbonyl (C=O) groups is 1. The van der Waals surface area contributed by atoms with Gasteiger partial charge in [0.05, 0.1) is 24.1 Å². The third-order valence-electron chi connectivity index (χ3n) is 3.27. The number of nitrogens with zero attached hydrogens (tertiary/aromatic N) is 4. The van der Waals surface area contributed by atoms with Crippen LogP contribution in [0.1, 0.15) is 19.5 Å². The van der Waals surface area contributed by atoms with E-state index < -0.39 is 11.5 Å². The van der Waals surface area contributed by atoms with Crippen molar-refractivity contribution in [3.8, 4) is 11.3 Å². The second kappa shape index (κ2) is 5.00. The molecule has 0 aliphatic carbocycles. The van der Waals surface area contributed by atoms with Crippen molar-refractivity contribution in [3.63, 3.8) is 0 Å². The van der Waals surface area contributed by atoms with Gasteiger partial charge in [0.15, 0.2) is 11.6 Å². The van der Waals surface area contributed by atoms with Crippen molar-refractivity contribution in [1.29, 1.82) is 0 Å². The zero-order valence-electron chi connectivity index (χ0n) is 12.1. The first-order chi connectivity index (χ1) is 10.4. The summed E-state index contributed by atoms with van der Waals surface area (Å²) in [4.78, 5) is 23.9. The molecule has 0 bridgehead atoms. The zero-order chi connectivity index (χ0) is 15.9. The maximum absolute atomic E-state index is 11.8. The Morgan fingerprint density at radius 2 is 2.09 bits per heavy atom. The van der Waals surface area contributed by atoms with Crippen molar-refractivity contribution in [3.05, 3.63) is 35.4 Å². The van der Waals surface area contributed by atoms with E-state index in [0.717, 1.165) is 0 Å². The van der Waals surface area contributed by atoms with Crippen LogP contribution in [-0.2, 0) is 10.4 Å². The summed E-state index contributed by atoms with van der Waals surface area (Å²) in [6.45, 7) is 3.19. The van der Waals surface area contributed by atoms with Crippen LogP contribution in [0.5, 0.6) is 0 Å². The molecule has 0 saturated heterocycles. The molecule has 3 heterocycles. The van der Waals surface area contributed by atoms with Gasteiger partial charge in [-0.3, -0.25) is 9.78 Å². The maximum Gasteiger partial charge on any atom is 0.237 e. The monoisotopic (exact) mass is 300 g/mol. The molecule has 0 fully saturated rings. The van der Waals surface area contributed by atoms with Crippen molar-refractivity contribution in [1.82, 2.24) is 15.0 Å². The van der Waals surface area contributed by atoms with Crippen LogP contribution < -0.4 is 10.4 Å². The lowest BCUT2D eigenvalue weighted by atomic mass is 10.0. The van der Waals surface area contributed by atoms with Crippen molar-refractivity contribution in [2.75, 3.05) is 16.9 Å². The summed E-state index contributed by atoms with van der Waals surface area (Å²) >= 11 is 0. The van der Waals surface area contributed by atoms with E-state index in [1.807, 2.05) is 0 Å². The Labute approximate surface area is 126 Å². The molecule has 0 unspecified atom stereocenters. The number of carbonyl (C=O) groups excluding carboxylic acids is 1. The van der Waals surface area contributed by atoms with Crippen molar-refractivity contribution >= 4 is 17.5 Å². The number of anilines is 2. The highest BCUT2D eigenvalue weighted by atomic mass is 16.5. The molecule has 0 radical (unpaired) electrons. The Kier molecular flexibility index (Phi) is 3.27. The van der Waals surface area contributed by atoms with E-state index in [-0.39, 0.29) is 23.2 Å². The minimum Gasteiger partial charge on any atom is -0.750 e. The molecule has 22 heavy (non-hydrogen) atoms. The highest BCUT2D eigenvalue weighted by molar-refractivity contribution is 6.01. The topological polar surface area (TPSA) is 114 Å². The number of nitrogens with one attached hydrogen (secondary N) is 1. The summed E-state index contributed by atoms with van der Waals surface area (Å²) < 4.78 is 0. The van der Waals surface area contributed by atoms with Gasteiger partial charge in [-0.2, -0.15) is 0 Å². The molecule has 0 spiro atoms. The number of hydroxylamine groups is 1. The van der Waals surface area contributed by atoms with Gasteiger partial charge in [-0.05, 0) is 26.0 Å². The molecular formula is C14H14N5O3-. The van der Waals surface area contributed by atoms with Crippen LogP contribution in [0.2, 0.25) is 0 Å². The molecule has 1 amide bonds. The van der Waals surface area contributed by atoms with E-state index in [2.05, 4.69) is 20.3 Å². The first-order valence-electron chi connectivity index (χ1n) is 6.66. The molecule has 114 valence electrons. The lowest BCUT2D eigenvalue weighted by molar-refractivity contribution is -0.116. The summed E-state index contributed by atoms with van der Waals surface area (Å²) in [5, 5.41) is 24.6. The predicted molar refractivity (Wildman–Crippen MR) is 79.9 cm³/mol. The standard InChI is InChI=1S/C14H14N5O3/c1-14(2,21)10-4-3-8(5-15-10)9-6-16-12-13(18-9)19(22)11(20)7-17-12/h3-6,21H,7H2,1-2H3,(H,16,17)/q-1. The minimum absolute atomic E-state index is 0.0553. The van der Waals surface area contributed by atoms with Crippen LogP contribution in [0.3, 0.4) is 0 Å². The molecule has 0 saturated carbocycles. The van der Waals surface area contributed by atoms with E-state index in [4.69, 9.17) is 0 Å². The van der Waals surface area contributed by atoms with Gasteiger partial charge in [-0.25, -0.2) is 9.97 Å². The number of amides is 1. The first kappa shape index (κ1) is 14.4. The number of rotatable bonds is 2. The smallest absolute Gasteiger partial charge is 0.237 e. The Morgan fingerprint density at radius 3 is 2.73 bits per heavy atom.